The highest BCUT2D eigenvalue weighted by molar-refractivity contribution is 6.30. The molecular weight excluding hydrogens is 400 g/mol. The van der Waals surface area contributed by atoms with Gasteiger partial charge in [-0.2, -0.15) is 9.78 Å². The number of hydrogen-bond acceptors (Lipinski definition) is 5. The van der Waals surface area contributed by atoms with Gasteiger partial charge in [0, 0.05) is 11.6 Å². The molecule has 0 aliphatic heterocycles. The Bertz CT molecular complexity index is 1260. The van der Waals surface area contributed by atoms with Crippen molar-refractivity contribution in [1.29, 1.82) is 0 Å². The molecule has 0 saturated heterocycles. The SMILES string of the molecule is CC(C)CNC(=O)c1c(N)n(/N=C/c2ccc(Cl)cc2)c2nc3ccccc3nc12. The fourth-order valence-corrected chi connectivity index (χ4v) is 3.17. The zero-order chi connectivity index (χ0) is 21.3. The lowest BCUT2D eigenvalue weighted by atomic mass is 10.2. The molecule has 2 aromatic heterocycles. The van der Waals surface area contributed by atoms with Crippen LogP contribution in [-0.2, 0) is 0 Å². The number of rotatable bonds is 5. The summed E-state index contributed by atoms with van der Waals surface area (Å²) in [6.45, 7) is 4.58. The van der Waals surface area contributed by atoms with Crippen molar-refractivity contribution in [3.63, 3.8) is 0 Å². The van der Waals surface area contributed by atoms with Gasteiger partial charge in [0.05, 0.1) is 17.2 Å². The lowest BCUT2D eigenvalue weighted by Crippen LogP contribution is -2.28. The van der Waals surface area contributed by atoms with Gasteiger partial charge >= 0.3 is 0 Å². The topological polar surface area (TPSA) is 98.2 Å². The van der Waals surface area contributed by atoms with Gasteiger partial charge in [-0.25, -0.2) is 9.97 Å². The van der Waals surface area contributed by atoms with Crippen molar-refractivity contribution in [2.75, 3.05) is 12.3 Å². The first-order valence-corrected chi connectivity index (χ1v) is 9.96. The van der Waals surface area contributed by atoms with Gasteiger partial charge in [0.15, 0.2) is 5.65 Å². The first-order chi connectivity index (χ1) is 14.4. The van der Waals surface area contributed by atoms with Gasteiger partial charge in [-0.1, -0.05) is 49.7 Å². The summed E-state index contributed by atoms with van der Waals surface area (Å²) >= 11 is 5.95. The highest BCUT2D eigenvalue weighted by Gasteiger charge is 2.24. The minimum Gasteiger partial charge on any atom is -0.383 e. The van der Waals surface area contributed by atoms with Crippen LogP contribution < -0.4 is 11.1 Å². The molecule has 2 heterocycles. The van der Waals surface area contributed by atoms with E-state index in [-0.39, 0.29) is 17.3 Å². The number of carbonyl (C=O) groups excluding carboxylic acids is 1. The third-order valence-electron chi connectivity index (χ3n) is 4.56. The number of nitrogens with two attached hydrogens (primary N) is 1. The number of nitrogens with zero attached hydrogens (tertiary/aromatic N) is 4. The number of fused-ring (bicyclic) bond motifs is 2. The molecule has 0 unspecified atom stereocenters. The summed E-state index contributed by atoms with van der Waals surface area (Å²) in [5.74, 6) is 0.196. The number of carbonyl (C=O) groups is 1. The minimum absolute atomic E-state index is 0.187. The Morgan fingerprint density at radius 1 is 1.17 bits per heavy atom. The van der Waals surface area contributed by atoms with Gasteiger partial charge in [0.1, 0.15) is 16.9 Å². The normalized spacial score (nSPS) is 11.7. The molecule has 7 nitrogen and oxygen atoms in total. The standard InChI is InChI=1S/C22H21ClN6O/c1-13(2)11-25-22(30)18-19-21(28-17-6-4-3-5-16(17)27-19)29(20(18)24)26-12-14-7-9-15(23)10-8-14/h3-10,12-13H,11,24H2,1-2H3,(H,25,30)/b26-12+. The molecule has 0 bridgehead atoms. The number of halogens is 1. The Kier molecular flexibility index (Phi) is 5.37. The molecule has 1 amide bonds. The van der Waals surface area contributed by atoms with Crippen molar-refractivity contribution in [1.82, 2.24) is 20.0 Å². The lowest BCUT2D eigenvalue weighted by molar-refractivity contribution is 0.0951. The number of anilines is 1. The first-order valence-electron chi connectivity index (χ1n) is 9.59. The summed E-state index contributed by atoms with van der Waals surface area (Å²) in [5.41, 5.74) is 9.69. The number of amides is 1. The summed E-state index contributed by atoms with van der Waals surface area (Å²) < 4.78 is 1.45. The highest BCUT2D eigenvalue weighted by Crippen LogP contribution is 2.27. The first kappa shape index (κ1) is 19.8. The van der Waals surface area contributed by atoms with E-state index < -0.39 is 0 Å². The number of benzene rings is 2. The Morgan fingerprint density at radius 2 is 1.83 bits per heavy atom. The molecule has 0 spiro atoms. The van der Waals surface area contributed by atoms with Crippen molar-refractivity contribution in [2.24, 2.45) is 11.0 Å². The zero-order valence-corrected chi connectivity index (χ0v) is 17.4. The van der Waals surface area contributed by atoms with Crippen LogP contribution in [0, 0.1) is 5.92 Å². The molecule has 4 aromatic rings. The van der Waals surface area contributed by atoms with Gasteiger partial charge in [-0.15, -0.1) is 0 Å². The smallest absolute Gasteiger partial charge is 0.257 e. The summed E-state index contributed by atoms with van der Waals surface area (Å²) in [5, 5.41) is 8.02. The number of aromatic nitrogens is 3. The maximum absolute atomic E-state index is 12.9. The second-order valence-corrected chi connectivity index (χ2v) is 7.79. The summed E-state index contributed by atoms with van der Waals surface area (Å²) in [6, 6.07) is 14.7. The molecule has 0 atom stereocenters. The Morgan fingerprint density at radius 3 is 2.50 bits per heavy atom. The molecule has 0 aliphatic carbocycles. The summed E-state index contributed by atoms with van der Waals surface area (Å²) in [7, 11) is 0. The van der Waals surface area contributed by atoms with E-state index in [1.165, 1.54) is 4.68 Å². The zero-order valence-electron chi connectivity index (χ0n) is 16.6. The van der Waals surface area contributed by atoms with Crippen LogP contribution in [0.25, 0.3) is 22.2 Å². The van der Waals surface area contributed by atoms with E-state index in [2.05, 4.69) is 20.4 Å². The van der Waals surface area contributed by atoms with Crippen LogP contribution in [-0.4, -0.2) is 33.3 Å². The second-order valence-electron chi connectivity index (χ2n) is 7.36. The molecule has 3 N–H and O–H groups in total. The molecule has 0 radical (unpaired) electrons. The Hall–Kier alpha value is -3.45. The molecule has 152 valence electrons. The molecule has 30 heavy (non-hydrogen) atoms. The molecule has 0 fully saturated rings. The molecule has 8 heteroatoms. The second kappa shape index (κ2) is 8.12. The van der Waals surface area contributed by atoms with Crippen LogP contribution in [0.15, 0.2) is 53.6 Å². The Balaban J connectivity index is 1.87. The van der Waals surface area contributed by atoms with E-state index in [1.807, 2.05) is 50.2 Å². The predicted molar refractivity (Wildman–Crippen MR) is 121 cm³/mol. The number of nitrogens with one attached hydrogen (secondary N) is 1. The van der Waals surface area contributed by atoms with E-state index >= 15 is 0 Å². The molecule has 0 saturated carbocycles. The van der Waals surface area contributed by atoms with Crippen LogP contribution >= 0.6 is 11.6 Å². The number of para-hydroxylation sites is 2. The van der Waals surface area contributed by atoms with Crippen molar-refractivity contribution < 1.29 is 4.79 Å². The number of nitrogen functional groups attached to an aromatic ring is 1. The van der Waals surface area contributed by atoms with E-state index in [1.54, 1.807) is 18.3 Å². The predicted octanol–water partition coefficient (Wildman–Crippen LogP) is 4.09. The average molecular weight is 421 g/mol. The maximum Gasteiger partial charge on any atom is 0.257 e. The van der Waals surface area contributed by atoms with Gasteiger partial charge in [-0.05, 0) is 35.7 Å². The molecule has 2 aromatic carbocycles. The van der Waals surface area contributed by atoms with E-state index in [0.717, 1.165) is 5.56 Å². The van der Waals surface area contributed by atoms with Crippen molar-refractivity contribution in [2.45, 2.75) is 13.8 Å². The van der Waals surface area contributed by atoms with Gasteiger partial charge in [-0.3, -0.25) is 4.79 Å². The van der Waals surface area contributed by atoms with Crippen LogP contribution in [0.4, 0.5) is 5.82 Å². The van der Waals surface area contributed by atoms with Gasteiger partial charge < -0.3 is 11.1 Å². The monoisotopic (exact) mass is 420 g/mol. The average Bonchev–Trinajstić information content (AvgIpc) is 3.00. The number of hydrogen-bond donors (Lipinski definition) is 2. The molecule has 4 rings (SSSR count). The van der Waals surface area contributed by atoms with Gasteiger partial charge in [0.25, 0.3) is 5.91 Å². The van der Waals surface area contributed by atoms with Gasteiger partial charge in [0.2, 0.25) is 0 Å². The van der Waals surface area contributed by atoms with E-state index in [9.17, 15) is 4.79 Å². The minimum atomic E-state index is -0.295. The fraction of sp³-hybridized carbons (Fsp3) is 0.182. The van der Waals surface area contributed by atoms with Crippen molar-refractivity contribution >= 4 is 51.7 Å². The molecule has 0 aliphatic rings. The van der Waals surface area contributed by atoms with Crippen LogP contribution in [0.1, 0.15) is 29.8 Å². The van der Waals surface area contributed by atoms with Crippen LogP contribution in [0.3, 0.4) is 0 Å². The van der Waals surface area contributed by atoms with Crippen LogP contribution in [0.2, 0.25) is 5.02 Å². The third-order valence-corrected chi connectivity index (χ3v) is 4.82. The van der Waals surface area contributed by atoms with Crippen molar-refractivity contribution in [3.8, 4) is 0 Å². The molecular formula is C22H21ClN6O. The van der Waals surface area contributed by atoms with Crippen molar-refractivity contribution in [3.05, 3.63) is 64.7 Å². The highest BCUT2D eigenvalue weighted by atomic mass is 35.5. The third kappa shape index (κ3) is 3.84. The van der Waals surface area contributed by atoms with Crippen LogP contribution in [0.5, 0.6) is 0 Å². The van der Waals surface area contributed by atoms with E-state index in [4.69, 9.17) is 17.3 Å². The Labute approximate surface area is 178 Å². The quantitative estimate of drug-likeness (QED) is 0.475. The summed E-state index contributed by atoms with van der Waals surface area (Å²) in [6.07, 6.45) is 1.64. The maximum atomic E-state index is 12.9. The summed E-state index contributed by atoms with van der Waals surface area (Å²) in [4.78, 5) is 22.2. The van der Waals surface area contributed by atoms with E-state index in [0.29, 0.717) is 39.7 Å². The largest absolute Gasteiger partial charge is 0.383 e. The lowest BCUT2D eigenvalue weighted by Gasteiger charge is -2.07. The fourth-order valence-electron chi connectivity index (χ4n) is 3.05.